The van der Waals surface area contributed by atoms with Gasteiger partial charge in [-0.05, 0) is 31.2 Å². The number of halogens is 2. The lowest BCUT2D eigenvalue weighted by Gasteiger charge is -2.04. The molecule has 0 radical (unpaired) electrons. The van der Waals surface area contributed by atoms with E-state index < -0.39 is 5.91 Å². The van der Waals surface area contributed by atoms with E-state index in [1.807, 2.05) is 24.3 Å². The summed E-state index contributed by atoms with van der Waals surface area (Å²) < 4.78 is 6.80. The van der Waals surface area contributed by atoms with Crippen LogP contribution < -0.4 is 5.43 Å². The second-order valence-corrected chi connectivity index (χ2v) is 6.70. The number of para-hydroxylation sites is 1. The molecule has 0 aliphatic heterocycles. The molecular weight excluding hydrogens is 401 g/mol. The van der Waals surface area contributed by atoms with E-state index in [4.69, 9.17) is 27.9 Å². The highest BCUT2D eigenvalue weighted by Crippen LogP contribution is 2.21. The van der Waals surface area contributed by atoms with Gasteiger partial charge in [-0.1, -0.05) is 41.4 Å². The lowest BCUT2D eigenvalue weighted by atomic mass is 10.2. The molecule has 3 aromatic rings. The van der Waals surface area contributed by atoms with E-state index in [-0.39, 0.29) is 23.1 Å². The van der Waals surface area contributed by atoms with Gasteiger partial charge in [-0.25, -0.2) is 5.43 Å². The Bertz CT molecular complexity index is 1060. The molecule has 28 heavy (non-hydrogen) atoms. The maximum Gasteiger partial charge on any atom is 0.325 e. The van der Waals surface area contributed by atoms with Crippen LogP contribution in [0.1, 0.15) is 22.8 Å². The molecule has 6 nitrogen and oxygen atoms in total. The molecule has 0 saturated carbocycles. The Morgan fingerprint density at radius 3 is 2.75 bits per heavy atom. The molecule has 1 heterocycles. The SMILES string of the molecule is CCOC(=O)Cn1cc(C=NNC(=O)c2ccc(Cl)cc2Cl)c2ccccc21. The van der Waals surface area contributed by atoms with Crippen LogP contribution in [0.4, 0.5) is 0 Å². The summed E-state index contributed by atoms with van der Waals surface area (Å²) in [6.07, 6.45) is 3.30. The fraction of sp³-hybridized carbons (Fsp3) is 0.150. The fourth-order valence-corrected chi connectivity index (χ4v) is 3.24. The number of aromatic nitrogens is 1. The zero-order valence-electron chi connectivity index (χ0n) is 15.0. The lowest BCUT2D eigenvalue weighted by Crippen LogP contribution is -2.18. The molecule has 144 valence electrons. The van der Waals surface area contributed by atoms with E-state index in [1.54, 1.807) is 23.8 Å². The van der Waals surface area contributed by atoms with Crippen LogP contribution in [0.25, 0.3) is 10.9 Å². The maximum atomic E-state index is 12.2. The molecule has 0 bridgehead atoms. The minimum Gasteiger partial charge on any atom is -0.465 e. The predicted octanol–water partition coefficient (Wildman–Crippen LogP) is 4.28. The van der Waals surface area contributed by atoms with Gasteiger partial charge >= 0.3 is 5.97 Å². The molecule has 0 aliphatic rings. The number of hydrogen-bond acceptors (Lipinski definition) is 4. The van der Waals surface area contributed by atoms with Gasteiger partial charge in [0.1, 0.15) is 6.54 Å². The summed E-state index contributed by atoms with van der Waals surface area (Å²) in [7, 11) is 0. The van der Waals surface area contributed by atoms with Gasteiger partial charge < -0.3 is 9.30 Å². The lowest BCUT2D eigenvalue weighted by molar-refractivity contribution is -0.143. The van der Waals surface area contributed by atoms with Gasteiger partial charge in [-0.2, -0.15) is 5.10 Å². The molecule has 8 heteroatoms. The second-order valence-electron chi connectivity index (χ2n) is 5.86. The Labute approximate surface area is 171 Å². The average Bonchev–Trinajstić information content (AvgIpc) is 2.99. The Morgan fingerprint density at radius 1 is 1.21 bits per heavy atom. The van der Waals surface area contributed by atoms with Crippen molar-refractivity contribution in [1.82, 2.24) is 9.99 Å². The second kappa shape index (κ2) is 8.91. The van der Waals surface area contributed by atoms with Gasteiger partial charge in [0.05, 0.1) is 23.4 Å². The summed E-state index contributed by atoms with van der Waals surface area (Å²) in [6, 6.07) is 12.2. The molecule has 1 N–H and O–H groups in total. The Kier molecular flexibility index (Phi) is 6.34. The van der Waals surface area contributed by atoms with Gasteiger partial charge in [0.25, 0.3) is 5.91 Å². The first-order valence-corrected chi connectivity index (χ1v) is 9.27. The van der Waals surface area contributed by atoms with Crippen molar-refractivity contribution in [3.05, 3.63) is 69.8 Å². The van der Waals surface area contributed by atoms with Crippen LogP contribution in [0.2, 0.25) is 10.0 Å². The first-order chi connectivity index (χ1) is 13.5. The Morgan fingerprint density at radius 2 is 2.00 bits per heavy atom. The zero-order chi connectivity index (χ0) is 20.1. The van der Waals surface area contributed by atoms with Gasteiger partial charge in [-0.3, -0.25) is 9.59 Å². The number of fused-ring (bicyclic) bond motifs is 1. The van der Waals surface area contributed by atoms with Crippen molar-refractivity contribution in [3.8, 4) is 0 Å². The Hall–Kier alpha value is -2.83. The molecule has 2 aromatic carbocycles. The van der Waals surface area contributed by atoms with E-state index >= 15 is 0 Å². The van der Waals surface area contributed by atoms with Crippen molar-refractivity contribution >= 4 is 52.2 Å². The zero-order valence-corrected chi connectivity index (χ0v) is 16.5. The number of carbonyl (C=O) groups is 2. The van der Waals surface area contributed by atoms with Crippen LogP contribution in [0.15, 0.2) is 53.8 Å². The summed E-state index contributed by atoms with van der Waals surface area (Å²) in [6.45, 7) is 2.18. The number of benzene rings is 2. The van der Waals surface area contributed by atoms with Crippen LogP contribution in [-0.2, 0) is 16.1 Å². The highest BCUT2D eigenvalue weighted by atomic mass is 35.5. The minimum atomic E-state index is -0.451. The highest BCUT2D eigenvalue weighted by Gasteiger charge is 2.12. The van der Waals surface area contributed by atoms with Crippen molar-refractivity contribution in [2.24, 2.45) is 5.10 Å². The molecule has 0 atom stereocenters. The number of amides is 1. The van der Waals surface area contributed by atoms with Gasteiger partial charge in [0.15, 0.2) is 0 Å². The third-order valence-corrected chi connectivity index (χ3v) is 4.52. The molecule has 3 rings (SSSR count). The number of nitrogens with one attached hydrogen (secondary N) is 1. The highest BCUT2D eigenvalue weighted by molar-refractivity contribution is 6.36. The minimum absolute atomic E-state index is 0.0922. The number of esters is 1. The van der Waals surface area contributed by atoms with E-state index in [0.29, 0.717) is 11.6 Å². The smallest absolute Gasteiger partial charge is 0.325 e. The van der Waals surface area contributed by atoms with E-state index in [2.05, 4.69) is 10.5 Å². The number of nitrogens with zero attached hydrogens (tertiary/aromatic N) is 2. The summed E-state index contributed by atoms with van der Waals surface area (Å²) in [5.74, 6) is -0.773. The summed E-state index contributed by atoms with van der Waals surface area (Å²) in [5, 5.41) is 5.60. The molecule has 1 amide bonds. The summed E-state index contributed by atoms with van der Waals surface area (Å²) >= 11 is 11.9. The predicted molar refractivity (Wildman–Crippen MR) is 110 cm³/mol. The topological polar surface area (TPSA) is 72.7 Å². The van der Waals surface area contributed by atoms with Crippen LogP contribution in [0.5, 0.6) is 0 Å². The van der Waals surface area contributed by atoms with Crippen LogP contribution in [0, 0.1) is 0 Å². The Balaban J connectivity index is 1.80. The number of hydrogen-bond donors (Lipinski definition) is 1. The standard InChI is InChI=1S/C20H17Cl2N3O3/c1-2-28-19(26)12-25-11-13(15-5-3-4-6-18(15)25)10-23-24-20(27)16-8-7-14(21)9-17(16)22/h3-11H,2,12H2,1H3,(H,24,27). The quantitative estimate of drug-likeness (QED) is 0.369. The molecule has 0 spiro atoms. The number of ether oxygens (including phenoxy) is 1. The third kappa shape index (κ3) is 4.52. The largest absolute Gasteiger partial charge is 0.465 e. The van der Waals surface area contributed by atoms with Gasteiger partial charge in [-0.15, -0.1) is 0 Å². The van der Waals surface area contributed by atoms with Crippen LogP contribution >= 0.6 is 23.2 Å². The fourth-order valence-electron chi connectivity index (χ4n) is 2.75. The van der Waals surface area contributed by atoms with Gasteiger partial charge in [0.2, 0.25) is 0 Å². The average molecular weight is 418 g/mol. The van der Waals surface area contributed by atoms with Crippen molar-refractivity contribution in [2.45, 2.75) is 13.5 Å². The first kappa shape index (κ1) is 19.9. The molecule has 0 unspecified atom stereocenters. The van der Waals surface area contributed by atoms with Gasteiger partial charge in [0, 0.05) is 27.7 Å². The molecule has 0 aliphatic carbocycles. The molecule has 1 aromatic heterocycles. The molecular formula is C20H17Cl2N3O3. The van der Waals surface area contributed by atoms with E-state index in [9.17, 15) is 9.59 Å². The van der Waals surface area contributed by atoms with E-state index in [0.717, 1.165) is 16.5 Å². The molecule has 0 saturated heterocycles. The monoisotopic (exact) mass is 417 g/mol. The van der Waals surface area contributed by atoms with Crippen molar-refractivity contribution < 1.29 is 14.3 Å². The number of hydrazone groups is 1. The molecule has 0 fully saturated rings. The summed E-state index contributed by atoms with van der Waals surface area (Å²) in [4.78, 5) is 24.1. The first-order valence-electron chi connectivity index (χ1n) is 8.51. The number of carbonyl (C=O) groups excluding carboxylic acids is 2. The third-order valence-electron chi connectivity index (χ3n) is 3.97. The van der Waals surface area contributed by atoms with Crippen molar-refractivity contribution in [3.63, 3.8) is 0 Å². The van der Waals surface area contributed by atoms with Crippen molar-refractivity contribution in [1.29, 1.82) is 0 Å². The maximum absolute atomic E-state index is 12.2. The van der Waals surface area contributed by atoms with E-state index in [1.165, 1.54) is 18.3 Å². The van der Waals surface area contributed by atoms with Crippen LogP contribution in [-0.4, -0.2) is 29.3 Å². The normalized spacial score (nSPS) is 11.1. The van der Waals surface area contributed by atoms with Crippen molar-refractivity contribution in [2.75, 3.05) is 6.61 Å². The number of rotatable bonds is 6. The van der Waals surface area contributed by atoms with Crippen LogP contribution in [0.3, 0.4) is 0 Å². The summed E-state index contributed by atoms with van der Waals surface area (Å²) in [5.41, 5.74) is 4.33.